The predicted molar refractivity (Wildman–Crippen MR) is 342 cm³/mol. The number of carbonyl (C=O) groups is 7. The molecule has 97 heavy (non-hydrogen) atoms. The number of phosphoric ester groups is 1. The van der Waals surface area contributed by atoms with Gasteiger partial charge in [-0.3, -0.25) is 18.4 Å². The fourth-order valence-electron chi connectivity index (χ4n) is 10.1. The molecule has 2 aliphatic heterocycles. The zero-order chi connectivity index (χ0) is 67.8. The van der Waals surface area contributed by atoms with Crippen LogP contribution < -0.4 is 0 Å². The van der Waals surface area contributed by atoms with Crippen molar-refractivity contribution in [3.8, 4) is 0 Å². The lowest BCUT2D eigenvalue weighted by atomic mass is 9.97. The van der Waals surface area contributed by atoms with Gasteiger partial charge in [0.1, 0.15) is 25.6 Å². The highest BCUT2D eigenvalue weighted by Gasteiger charge is 2.57. The number of carbonyl (C=O) groups excluding carboxylic acids is 7. The van der Waals surface area contributed by atoms with Crippen molar-refractivity contribution >= 4 is 49.6 Å². The van der Waals surface area contributed by atoms with Crippen LogP contribution in [0.25, 0.3) is 0 Å². The molecule has 10 atom stereocenters. The molecule has 0 radical (unpaired) electrons. The van der Waals surface area contributed by atoms with Crippen molar-refractivity contribution in [3.63, 3.8) is 0 Å². The average molecular weight is 1340 g/mol. The predicted octanol–water partition coefficient (Wildman–Crippen LogP) is 10.9. The van der Waals surface area contributed by atoms with Crippen molar-refractivity contribution in [2.75, 3.05) is 33.2 Å². The first-order valence-corrected chi connectivity index (χ1v) is 32.2. The summed E-state index contributed by atoms with van der Waals surface area (Å²) >= 11 is 0. The van der Waals surface area contributed by atoms with Crippen LogP contribution in [0.1, 0.15) is 80.2 Å². The van der Waals surface area contributed by atoms with Gasteiger partial charge in [-0.15, -0.1) is 0 Å². The minimum Gasteiger partial charge on any atom is -0.463 e. The van der Waals surface area contributed by atoms with Crippen LogP contribution in [0, 0.1) is 0 Å². The molecule has 8 aromatic rings. The van der Waals surface area contributed by atoms with Crippen molar-refractivity contribution in [2.24, 2.45) is 0 Å². The van der Waals surface area contributed by atoms with Gasteiger partial charge in [0, 0.05) is 6.92 Å². The van der Waals surface area contributed by atoms with Crippen LogP contribution in [0.5, 0.6) is 0 Å². The highest BCUT2D eigenvalue weighted by atomic mass is 31.2. The van der Waals surface area contributed by atoms with E-state index in [1.54, 1.807) is 170 Å². The fourth-order valence-corrected chi connectivity index (χ4v) is 11.3. The minimum atomic E-state index is -4.95. The molecule has 2 saturated heterocycles. The van der Waals surface area contributed by atoms with Crippen LogP contribution in [0.2, 0.25) is 0 Å². The number of phosphoric acid groups is 1. The van der Waals surface area contributed by atoms with Crippen LogP contribution >= 0.6 is 7.82 Å². The Labute approximate surface area is 557 Å². The molecule has 2 heterocycles. The molecular weight excluding hydrogens is 1280 g/mol. The van der Waals surface area contributed by atoms with E-state index in [-0.39, 0.29) is 59.8 Å². The largest absolute Gasteiger partial charge is 0.477 e. The third-order valence-electron chi connectivity index (χ3n) is 14.8. The number of benzene rings is 8. The van der Waals surface area contributed by atoms with E-state index in [9.17, 15) is 33.6 Å². The van der Waals surface area contributed by atoms with Gasteiger partial charge in [-0.2, -0.15) is 0 Å². The summed E-state index contributed by atoms with van der Waals surface area (Å²) in [6, 6.07) is 64.1. The molecular formula is C73H67O23P. The maximum Gasteiger partial charge on any atom is 0.477 e. The topological polar surface area (TPSA) is 275 Å². The smallest absolute Gasteiger partial charge is 0.463 e. The average Bonchev–Trinajstić information content (AvgIpc) is 0.789. The second-order valence-electron chi connectivity index (χ2n) is 21.6. The first-order valence-electron chi connectivity index (χ1n) is 30.7. The standard InChI is InChI=1S/C73H67O23P/c1-49(74)84-42-43-85-72-64(94-70(79)56-38-22-8-23-39-56)62(92-68(77)54-34-18-6-19-35-54)60(90-66(75)52-30-14-4-15-31-52)58(88-72)46-82-48-83-47-59-61(91-67(76)53-32-16-5-17-33-53)63(93-69(78)55-36-20-7-21-37-55)65(95-71(80)57-40-24-9-25-41-57)73(89-59)96-97(81,86-44-50-26-10-2-11-27-50)87-45-51-28-12-3-13-29-51/h2-41,58-65,72-73H,42-48H2,1H3/t58-,59+,60+,61-,62+,63-,64-,65+,72-,73-/m1/s1. The molecule has 0 unspecified atom stereocenters. The van der Waals surface area contributed by atoms with Crippen molar-refractivity contribution in [1.29, 1.82) is 0 Å². The Morgan fingerprint density at radius 1 is 0.351 bits per heavy atom. The molecule has 502 valence electrons. The van der Waals surface area contributed by atoms with E-state index >= 15 is 4.57 Å². The summed E-state index contributed by atoms with van der Waals surface area (Å²) < 4.78 is 108. The summed E-state index contributed by atoms with van der Waals surface area (Å²) in [6.07, 6.45) is -17.6. The molecule has 8 aromatic carbocycles. The number of hydrogen-bond donors (Lipinski definition) is 0. The van der Waals surface area contributed by atoms with E-state index < -0.39 is 131 Å². The second kappa shape index (κ2) is 35.1. The van der Waals surface area contributed by atoms with Gasteiger partial charge in [0.2, 0.25) is 6.29 Å². The number of esters is 7. The Hall–Kier alpha value is -10.0. The Kier molecular flexibility index (Phi) is 25.2. The van der Waals surface area contributed by atoms with Crippen LogP contribution in [-0.2, 0) is 93.0 Å². The summed E-state index contributed by atoms with van der Waals surface area (Å²) in [4.78, 5) is 97.8. The first kappa shape index (κ1) is 69.8. The number of hydrogen-bond acceptors (Lipinski definition) is 23. The highest BCUT2D eigenvalue weighted by molar-refractivity contribution is 7.48. The third-order valence-corrected chi connectivity index (χ3v) is 16.2. The highest BCUT2D eigenvalue weighted by Crippen LogP contribution is 2.54. The molecule has 0 bridgehead atoms. The molecule has 2 fully saturated rings. The van der Waals surface area contributed by atoms with Crippen molar-refractivity contribution < 1.29 is 109 Å². The number of ether oxygens (including phenoxy) is 12. The van der Waals surface area contributed by atoms with Crippen LogP contribution in [-0.4, -0.2) is 136 Å². The summed E-state index contributed by atoms with van der Waals surface area (Å²) in [6.45, 7) is -2.11. The Balaban J connectivity index is 0.997. The van der Waals surface area contributed by atoms with Gasteiger partial charge in [0.25, 0.3) is 0 Å². The molecule has 24 heteroatoms. The van der Waals surface area contributed by atoms with Gasteiger partial charge in [0.05, 0.1) is 66.4 Å². The zero-order valence-corrected chi connectivity index (χ0v) is 53.0. The van der Waals surface area contributed by atoms with Crippen molar-refractivity contribution in [1.82, 2.24) is 0 Å². The summed E-state index contributed by atoms with van der Waals surface area (Å²) in [7, 11) is -4.95. The lowest BCUT2D eigenvalue weighted by molar-refractivity contribution is -0.305. The fraction of sp³-hybridized carbons (Fsp3) is 0.247. The van der Waals surface area contributed by atoms with Gasteiger partial charge < -0.3 is 56.8 Å². The van der Waals surface area contributed by atoms with Crippen LogP contribution in [0.15, 0.2) is 243 Å². The molecule has 0 amide bonds. The normalized spacial score (nSPS) is 20.6. The minimum absolute atomic E-state index is 0.0157. The van der Waals surface area contributed by atoms with Gasteiger partial charge in [-0.05, 0) is 83.9 Å². The molecule has 0 N–H and O–H groups in total. The summed E-state index contributed by atoms with van der Waals surface area (Å²) in [5.41, 5.74) is 1.39. The van der Waals surface area contributed by atoms with Crippen LogP contribution in [0.4, 0.5) is 0 Å². The maximum atomic E-state index is 15.4. The van der Waals surface area contributed by atoms with Gasteiger partial charge >= 0.3 is 49.6 Å². The van der Waals surface area contributed by atoms with Gasteiger partial charge in [0.15, 0.2) is 42.9 Å². The van der Waals surface area contributed by atoms with E-state index in [1.807, 2.05) is 0 Å². The third kappa shape index (κ3) is 20.0. The molecule has 0 aliphatic carbocycles. The molecule has 0 spiro atoms. The van der Waals surface area contributed by atoms with Crippen molar-refractivity contribution in [2.45, 2.75) is 81.5 Å². The van der Waals surface area contributed by atoms with Gasteiger partial charge in [-0.25, -0.2) is 33.3 Å². The Bertz CT molecular complexity index is 3830. The van der Waals surface area contributed by atoms with E-state index in [2.05, 4.69) is 0 Å². The second-order valence-corrected chi connectivity index (χ2v) is 23.3. The quantitative estimate of drug-likeness (QED) is 0.0133. The molecule has 2 aliphatic rings. The Morgan fingerprint density at radius 2 is 0.629 bits per heavy atom. The van der Waals surface area contributed by atoms with E-state index in [4.69, 9.17) is 70.4 Å². The van der Waals surface area contributed by atoms with E-state index in [1.165, 1.54) is 79.7 Å². The molecule has 0 aromatic heterocycles. The first-order chi connectivity index (χ1) is 47.3. The SMILES string of the molecule is CC(=O)OCCO[C@@H]1O[C@H](COCOC[C@@H]2O[C@H](OP(=O)(OCc3ccccc3)OCc3ccccc3)[C@@H](OC(=O)c3ccccc3)[C@H](OC(=O)c3ccccc3)[C@@H]2OC(=O)c2ccccc2)[C@H](OC(=O)c2ccccc2)[C@H](OC(=O)c2ccccc2)[C@H]1OC(=O)c1ccccc1. The Morgan fingerprint density at radius 3 is 0.948 bits per heavy atom. The lowest BCUT2D eigenvalue weighted by Crippen LogP contribution is -2.63. The zero-order valence-electron chi connectivity index (χ0n) is 52.2. The van der Waals surface area contributed by atoms with Crippen molar-refractivity contribution in [3.05, 3.63) is 287 Å². The summed E-state index contributed by atoms with van der Waals surface area (Å²) in [5, 5.41) is 0. The van der Waals surface area contributed by atoms with Gasteiger partial charge in [-0.1, -0.05) is 170 Å². The molecule has 10 rings (SSSR count). The van der Waals surface area contributed by atoms with Crippen LogP contribution in [0.3, 0.4) is 0 Å². The lowest BCUT2D eigenvalue weighted by Gasteiger charge is -2.45. The maximum absolute atomic E-state index is 15.4. The molecule has 0 saturated carbocycles. The molecule has 23 nitrogen and oxygen atoms in total. The monoisotopic (exact) mass is 1340 g/mol. The van der Waals surface area contributed by atoms with E-state index in [0.29, 0.717) is 11.1 Å². The summed E-state index contributed by atoms with van der Waals surface area (Å²) in [5.74, 6) is -6.35. The number of rotatable bonds is 30. The van der Waals surface area contributed by atoms with E-state index in [0.717, 1.165) is 0 Å².